The van der Waals surface area contributed by atoms with Gasteiger partial charge >= 0.3 is 0 Å². The number of ether oxygens (including phenoxy) is 2. The Morgan fingerprint density at radius 3 is 1.68 bits per heavy atom. The zero-order valence-corrected chi connectivity index (χ0v) is 13.2. The fraction of sp³-hybridized carbons (Fsp3) is 0.875. The normalized spacial score (nSPS) is 32.3. The van der Waals surface area contributed by atoms with Crippen molar-refractivity contribution >= 4 is 11.9 Å². The number of carbonyl (C=O) groups excluding carboxylic acids is 2. The van der Waals surface area contributed by atoms with Crippen molar-refractivity contribution in [3.8, 4) is 0 Å². The molecule has 2 aliphatic rings. The molecule has 0 N–H and O–H groups in total. The van der Waals surface area contributed by atoms with E-state index in [2.05, 4.69) is 0 Å². The third kappa shape index (κ3) is 4.20. The molecule has 0 aromatic carbocycles. The van der Waals surface area contributed by atoms with Crippen LogP contribution in [0.3, 0.4) is 0 Å². The lowest BCUT2D eigenvalue weighted by molar-refractivity contribution is -0.329. The number of carboxylic acid groups (broad SMARTS) is 2. The van der Waals surface area contributed by atoms with Crippen LogP contribution >= 0.6 is 0 Å². The summed E-state index contributed by atoms with van der Waals surface area (Å²) >= 11 is 0. The van der Waals surface area contributed by atoms with Gasteiger partial charge in [0.15, 0.2) is 0 Å². The van der Waals surface area contributed by atoms with Crippen LogP contribution in [0.5, 0.6) is 0 Å². The third-order valence-electron chi connectivity index (χ3n) is 4.62. The second-order valence-electron chi connectivity index (χ2n) is 6.53. The number of carbonyl (C=O) groups is 2. The second kappa shape index (κ2) is 6.96. The quantitative estimate of drug-likeness (QED) is 0.488. The molecule has 2 rings (SSSR count). The number of epoxide rings is 2. The van der Waals surface area contributed by atoms with Gasteiger partial charge in [0.05, 0.1) is 24.4 Å². The van der Waals surface area contributed by atoms with Gasteiger partial charge in [0.1, 0.15) is 0 Å². The smallest absolute Gasteiger partial charge is 0.0851 e. The molecule has 6 heteroatoms. The highest BCUT2D eigenvalue weighted by molar-refractivity contribution is 5.79. The van der Waals surface area contributed by atoms with Gasteiger partial charge in [-0.3, -0.25) is 0 Å². The lowest BCUT2D eigenvalue weighted by Crippen LogP contribution is -2.48. The summed E-state index contributed by atoms with van der Waals surface area (Å²) in [5.41, 5.74) is -1.46. The highest BCUT2D eigenvalue weighted by Gasteiger charge is 2.50. The van der Waals surface area contributed by atoms with E-state index in [0.717, 1.165) is 25.7 Å². The van der Waals surface area contributed by atoms with Crippen LogP contribution < -0.4 is 10.2 Å². The molecule has 0 aromatic heterocycles. The molecule has 0 saturated carbocycles. The molecular formula is C16H24O6-2. The van der Waals surface area contributed by atoms with Crippen LogP contribution in [0.25, 0.3) is 0 Å². The summed E-state index contributed by atoms with van der Waals surface area (Å²) in [7, 11) is 0. The van der Waals surface area contributed by atoms with E-state index in [1.54, 1.807) is 0 Å². The van der Waals surface area contributed by atoms with E-state index < -0.39 is 23.8 Å². The fourth-order valence-electron chi connectivity index (χ4n) is 3.31. The third-order valence-corrected chi connectivity index (χ3v) is 4.62. The Hall–Kier alpha value is -1.14. The lowest BCUT2D eigenvalue weighted by atomic mass is 9.75. The fourth-order valence-corrected chi connectivity index (χ4v) is 3.31. The second-order valence-corrected chi connectivity index (χ2v) is 6.53. The van der Waals surface area contributed by atoms with E-state index in [1.165, 1.54) is 0 Å². The summed E-state index contributed by atoms with van der Waals surface area (Å²) in [6.45, 7) is 4.05. The van der Waals surface area contributed by atoms with E-state index in [4.69, 9.17) is 9.47 Å². The summed E-state index contributed by atoms with van der Waals surface area (Å²) in [6, 6.07) is 0. The first-order valence-electron chi connectivity index (χ1n) is 8.14. The van der Waals surface area contributed by atoms with Crippen LogP contribution in [-0.4, -0.2) is 36.4 Å². The van der Waals surface area contributed by atoms with Gasteiger partial charge in [0, 0.05) is 17.4 Å². The largest absolute Gasteiger partial charge is 0.550 e. The molecule has 2 aliphatic heterocycles. The zero-order valence-electron chi connectivity index (χ0n) is 13.2. The molecule has 0 amide bonds. The maximum Gasteiger partial charge on any atom is 0.0851 e. The van der Waals surface area contributed by atoms with Crippen LogP contribution in [0, 0.1) is 5.41 Å². The summed E-state index contributed by atoms with van der Waals surface area (Å²) in [5, 5.41) is 22.8. The molecular weight excluding hydrogens is 288 g/mol. The molecule has 0 radical (unpaired) electrons. The average molecular weight is 312 g/mol. The standard InChI is InChI=1S/C16H26O6/c1-3-5-10-12(21-10)7-16(15(19)20,9-14(17)18)8-13-11(22-13)6-4-2/h10-13H,3-9H2,1-2H3,(H,17,18)(H,19,20)/p-2. The van der Waals surface area contributed by atoms with Gasteiger partial charge in [-0.25, -0.2) is 0 Å². The first kappa shape index (κ1) is 17.2. The molecule has 0 spiro atoms. The van der Waals surface area contributed by atoms with E-state index >= 15 is 0 Å². The van der Waals surface area contributed by atoms with Crippen molar-refractivity contribution in [3.05, 3.63) is 0 Å². The maximum atomic E-state index is 11.7. The number of carboxylic acids is 2. The minimum absolute atomic E-state index is 0.0389. The Bertz CT molecular complexity index is 399. The van der Waals surface area contributed by atoms with Crippen LogP contribution in [-0.2, 0) is 19.1 Å². The topological polar surface area (TPSA) is 105 Å². The molecule has 22 heavy (non-hydrogen) atoms. The van der Waals surface area contributed by atoms with Gasteiger partial charge in [-0.05, 0) is 32.1 Å². The number of rotatable bonds is 11. The van der Waals surface area contributed by atoms with Crippen molar-refractivity contribution in [1.82, 2.24) is 0 Å². The highest BCUT2D eigenvalue weighted by atomic mass is 16.6. The highest BCUT2D eigenvalue weighted by Crippen LogP contribution is 2.45. The first-order valence-corrected chi connectivity index (χ1v) is 8.14. The molecule has 2 fully saturated rings. The van der Waals surface area contributed by atoms with Crippen LogP contribution in [0.2, 0.25) is 0 Å². The zero-order chi connectivity index (χ0) is 16.3. The van der Waals surface area contributed by atoms with E-state index in [0.29, 0.717) is 0 Å². The van der Waals surface area contributed by atoms with Crippen molar-refractivity contribution < 1.29 is 29.3 Å². The van der Waals surface area contributed by atoms with Gasteiger partial charge < -0.3 is 29.3 Å². The predicted octanol–water partition coefficient (Wildman–Crippen LogP) is -0.222. The van der Waals surface area contributed by atoms with Crippen LogP contribution in [0.1, 0.15) is 58.8 Å². The maximum absolute atomic E-state index is 11.7. The first-order chi connectivity index (χ1) is 10.4. The van der Waals surface area contributed by atoms with Crippen molar-refractivity contribution in [3.63, 3.8) is 0 Å². The molecule has 2 heterocycles. The van der Waals surface area contributed by atoms with E-state index in [1.807, 2.05) is 13.8 Å². The van der Waals surface area contributed by atoms with E-state index in [-0.39, 0.29) is 37.3 Å². The Morgan fingerprint density at radius 1 is 0.909 bits per heavy atom. The molecule has 6 nitrogen and oxygen atoms in total. The Morgan fingerprint density at radius 2 is 1.36 bits per heavy atom. The van der Waals surface area contributed by atoms with Crippen LogP contribution in [0.15, 0.2) is 0 Å². The molecule has 4 atom stereocenters. The van der Waals surface area contributed by atoms with Gasteiger partial charge in [-0.1, -0.05) is 26.7 Å². The molecule has 0 aromatic rings. The van der Waals surface area contributed by atoms with E-state index in [9.17, 15) is 19.8 Å². The summed E-state index contributed by atoms with van der Waals surface area (Å²) < 4.78 is 11.0. The number of hydrogen-bond acceptors (Lipinski definition) is 6. The number of aliphatic carboxylic acids is 2. The van der Waals surface area contributed by atoms with Gasteiger partial charge in [-0.2, -0.15) is 0 Å². The summed E-state index contributed by atoms with van der Waals surface area (Å²) in [4.78, 5) is 22.8. The summed E-state index contributed by atoms with van der Waals surface area (Å²) in [6.07, 6.45) is 3.07. The van der Waals surface area contributed by atoms with Gasteiger partial charge in [0.2, 0.25) is 0 Å². The molecule has 2 saturated heterocycles. The van der Waals surface area contributed by atoms with Crippen molar-refractivity contribution in [2.45, 2.75) is 83.2 Å². The molecule has 0 aliphatic carbocycles. The predicted molar refractivity (Wildman–Crippen MR) is 73.4 cm³/mol. The minimum atomic E-state index is -1.46. The van der Waals surface area contributed by atoms with Gasteiger partial charge in [0.25, 0.3) is 0 Å². The summed E-state index contributed by atoms with van der Waals surface area (Å²) in [5.74, 6) is -2.71. The Kier molecular flexibility index (Phi) is 5.45. The average Bonchev–Trinajstić information content (AvgIpc) is 3.30. The number of hydrogen-bond donors (Lipinski definition) is 0. The lowest BCUT2D eigenvalue weighted by Gasteiger charge is -2.34. The molecule has 0 bridgehead atoms. The van der Waals surface area contributed by atoms with Gasteiger partial charge in [-0.15, -0.1) is 0 Å². The molecule has 126 valence electrons. The Balaban J connectivity index is 2.02. The van der Waals surface area contributed by atoms with Crippen molar-refractivity contribution in [2.75, 3.05) is 0 Å². The monoisotopic (exact) mass is 312 g/mol. The van der Waals surface area contributed by atoms with Crippen molar-refractivity contribution in [1.29, 1.82) is 0 Å². The minimum Gasteiger partial charge on any atom is -0.550 e. The van der Waals surface area contributed by atoms with Crippen molar-refractivity contribution in [2.24, 2.45) is 5.41 Å². The van der Waals surface area contributed by atoms with Crippen LogP contribution in [0.4, 0.5) is 0 Å². The SMILES string of the molecule is CCCC1OC1CC(CC(=O)[O-])(CC1OC1CCC)C(=O)[O-]. The Labute approximate surface area is 130 Å². The molecule has 4 unspecified atom stereocenters.